The van der Waals surface area contributed by atoms with E-state index in [0.717, 1.165) is 29.9 Å². The van der Waals surface area contributed by atoms with Crippen molar-refractivity contribution in [3.8, 4) is 0 Å². The zero-order valence-corrected chi connectivity index (χ0v) is 10.5. The molecule has 1 rings (SSSR count). The molecule has 16 heavy (non-hydrogen) atoms. The van der Waals surface area contributed by atoms with Gasteiger partial charge in [-0.1, -0.05) is 0 Å². The van der Waals surface area contributed by atoms with Crippen LogP contribution in [0.2, 0.25) is 0 Å². The number of nitrogens with one attached hydrogen (secondary N) is 1. The van der Waals surface area contributed by atoms with E-state index in [2.05, 4.69) is 12.2 Å². The molecule has 0 heterocycles. The van der Waals surface area contributed by atoms with Crippen LogP contribution in [-0.2, 0) is 0 Å². The van der Waals surface area contributed by atoms with E-state index >= 15 is 0 Å². The van der Waals surface area contributed by atoms with Gasteiger partial charge in [0.1, 0.15) is 0 Å². The number of nitrogens with zero attached hydrogens (tertiary/aromatic N) is 1. The molecule has 0 unspecified atom stereocenters. The smallest absolute Gasteiger partial charge is 0.253 e. The van der Waals surface area contributed by atoms with E-state index in [-0.39, 0.29) is 5.91 Å². The highest BCUT2D eigenvalue weighted by molar-refractivity contribution is 5.94. The van der Waals surface area contributed by atoms with E-state index in [9.17, 15) is 4.79 Å². The molecule has 0 aliphatic carbocycles. The van der Waals surface area contributed by atoms with Crippen molar-refractivity contribution in [3.05, 3.63) is 29.3 Å². The Kier molecular flexibility index (Phi) is 4.35. The Hall–Kier alpha value is -1.51. The van der Waals surface area contributed by atoms with Gasteiger partial charge in [-0.3, -0.25) is 4.79 Å². The summed E-state index contributed by atoms with van der Waals surface area (Å²) in [5, 5.41) is 3.26. The van der Waals surface area contributed by atoms with Crippen molar-refractivity contribution in [2.75, 3.05) is 25.5 Å². The average molecular weight is 220 g/mol. The Morgan fingerprint density at radius 3 is 2.56 bits per heavy atom. The molecule has 0 aromatic heterocycles. The molecule has 0 bridgehead atoms. The van der Waals surface area contributed by atoms with Crippen LogP contribution in [0, 0.1) is 6.92 Å². The molecule has 1 N–H and O–H groups in total. The van der Waals surface area contributed by atoms with Gasteiger partial charge in [0.05, 0.1) is 0 Å². The van der Waals surface area contributed by atoms with Crippen LogP contribution in [0.15, 0.2) is 18.2 Å². The summed E-state index contributed by atoms with van der Waals surface area (Å²) in [5.41, 5.74) is 2.96. The van der Waals surface area contributed by atoms with E-state index in [4.69, 9.17) is 0 Å². The Morgan fingerprint density at radius 1 is 1.38 bits per heavy atom. The third-order valence-electron chi connectivity index (χ3n) is 2.66. The molecule has 3 heteroatoms. The van der Waals surface area contributed by atoms with Crippen molar-refractivity contribution in [1.82, 2.24) is 4.90 Å². The van der Waals surface area contributed by atoms with Crippen LogP contribution in [0.4, 0.5) is 5.69 Å². The van der Waals surface area contributed by atoms with E-state index in [1.807, 2.05) is 39.1 Å². The van der Waals surface area contributed by atoms with Gasteiger partial charge in [0.2, 0.25) is 0 Å². The van der Waals surface area contributed by atoms with Crippen molar-refractivity contribution in [1.29, 1.82) is 0 Å². The van der Waals surface area contributed by atoms with Crippen LogP contribution < -0.4 is 5.32 Å². The molecule has 0 atom stereocenters. The number of benzene rings is 1. The van der Waals surface area contributed by atoms with Crippen molar-refractivity contribution >= 4 is 11.6 Å². The van der Waals surface area contributed by atoms with Gasteiger partial charge in [-0.15, -0.1) is 0 Å². The number of anilines is 1. The molecule has 0 radical (unpaired) electrons. The summed E-state index contributed by atoms with van der Waals surface area (Å²) in [6, 6.07) is 5.78. The minimum absolute atomic E-state index is 0.0775. The van der Waals surface area contributed by atoms with E-state index in [1.165, 1.54) is 0 Å². The van der Waals surface area contributed by atoms with Gasteiger partial charge in [-0.2, -0.15) is 0 Å². The predicted octanol–water partition coefficient (Wildman–Crippen LogP) is 2.52. The lowest BCUT2D eigenvalue weighted by Gasteiger charge is -2.15. The number of carbonyl (C=O) groups excluding carboxylic acids is 1. The number of carbonyl (C=O) groups is 1. The summed E-state index contributed by atoms with van der Waals surface area (Å²) in [5.74, 6) is 0.0775. The zero-order valence-electron chi connectivity index (χ0n) is 10.5. The number of hydrogen-bond acceptors (Lipinski definition) is 2. The largest absolute Gasteiger partial charge is 0.385 e. The molecule has 0 saturated heterocycles. The third-order valence-corrected chi connectivity index (χ3v) is 2.66. The normalized spacial score (nSPS) is 10.0. The average Bonchev–Trinajstić information content (AvgIpc) is 2.30. The van der Waals surface area contributed by atoms with Crippen LogP contribution in [0.25, 0.3) is 0 Å². The lowest BCUT2D eigenvalue weighted by molar-refractivity contribution is 0.0802. The molecule has 0 aliphatic rings. The fourth-order valence-corrected chi connectivity index (χ4v) is 1.55. The summed E-state index contributed by atoms with van der Waals surface area (Å²) in [6.45, 7) is 7.66. The van der Waals surface area contributed by atoms with Crippen LogP contribution >= 0.6 is 0 Å². The van der Waals surface area contributed by atoms with Gasteiger partial charge in [-0.25, -0.2) is 0 Å². The molecular formula is C13H20N2O. The first-order valence-electron chi connectivity index (χ1n) is 5.70. The van der Waals surface area contributed by atoms with Gasteiger partial charge in [0, 0.05) is 31.4 Å². The number of amides is 1. The minimum Gasteiger partial charge on any atom is -0.385 e. The Bertz CT molecular complexity index is 374. The van der Waals surface area contributed by atoms with Crippen molar-refractivity contribution in [3.63, 3.8) is 0 Å². The molecule has 1 amide bonds. The first-order chi connectivity index (χ1) is 7.60. The summed E-state index contributed by atoms with van der Waals surface area (Å²) < 4.78 is 0. The van der Waals surface area contributed by atoms with Crippen LogP contribution in [-0.4, -0.2) is 30.9 Å². The summed E-state index contributed by atoms with van der Waals surface area (Å²) in [4.78, 5) is 13.6. The molecule has 0 aliphatic heterocycles. The molecule has 1 aromatic carbocycles. The Morgan fingerprint density at radius 2 is 2.06 bits per heavy atom. The highest BCUT2D eigenvalue weighted by Gasteiger charge is 2.10. The number of hydrogen-bond donors (Lipinski definition) is 1. The lowest BCUT2D eigenvalue weighted by atomic mass is 10.1. The van der Waals surface area contributed by atoms with Crippen molar-refractivity contribution < 1.29 is 4.79 Å². The SMILES string of the molecule is CCNc1ccc(C(=O)N(C)CC)cc1C. The van der Waals surface area contributed by atoms with Gasteiger partial charge < -0.3 is 10.2 Å². The minimum atomic E-state index is 0.0775. The second-order valence-electron chi connectivity index (χ2n) is 3.88. The zero-order chi connectivity index (χ0) is 12.1. The molecule has 0 saturated carbocycles. The molecular weight excluding hydrogens is 200 g/mol. The maximum atomic E-state index is 11.9. The third kappa shape index (κ3) is 2.75. The summed E-state index contributed by atoms with van der Waals surface area (Å²) in [7, 11) is 1.82. The fraction of sp³-hybridized carbons (Fsp3) is 0.462. The number of rotatable bonds is 4. The first-order valence-corrected chi connectivity index (χ1v) is 5.70. The monoisotopic (exact) mass is 220 g/mol. The molecule has 3 nitrogen and oxygen atoms in total. The van der Waals surface area contributed by atoms with Crippen LogP contribution in [0.5, 0.6) is 0 Å². The van der Waals surface area contributed by atoms with Gasteiger partial charge in [0.25, 0.3) is 5.91 Å². The van der Waals surface area contributed by atoms with Gasteiger partial charge in [0.15, 0.2) is 0 Å². The van der Waals surface area contributed by atoms with Crippen molar-refractivity contribution in [2.45, 2.75) is 20.8 Å². The Balaban J connectivity index is 2.92. The van der Waals surface area contributed by atoms with E-state index in [0.29, 0.717) is 0 Å². The molecule has 0 spiro atoms. The maximum Gasteiger partial charge on any atom is 0.253 e. The fourth-order valence-electron chi connectivity index (χ4n) is 1.55. The second kappa shape index (κ2) is 5.54. The summed E-state index contributed by atoms with van der Waals surface area (Å²) >= 11 is 0. The van der Waals surface area contributed by atoms with Gasteiger partial charge in [-0.05, 0) is 44.5 Å². The molecule has 88 valence electrons. The summed E-state index contributed by atoms with van der Waals surface area (Å²) in [6.07, 6.45) is 0. The lowest BCUT2D eigenvalue weighted by Crippen LogP contribution is -2.26. The van der Waals surface area contributed by atoms with Crippen LogP contribution in [0.3, 0.4) is 0 Å². The van der Waals surface area contributed by atoms with E-state index in [1.54, 1.807) is 4.90 Å². The van der Waals surface area contributed by atoms with Gasteiger partial charge >= 0.3 is 0 Å². The first kappa shape index (κ1) is 12.6. The number of aryl methyl sites for hydroxylation is 1. The molecule has 1 aromatic rings. The predicted molar refractivity (Wildman–Crippen MR) is 68.0 cm³/mol. The highest BCUT2D eigenvalue weighted by Crippen LogP contribution is 2.17. The topological polar surface area (TPSA) is 32.3 Å². The van der Waals surface area contributed by atoms with Crippen LogP contribution in [0.1, 0.15) is 29.8 Å². The quantitative estimate of drug-likeness (QED) is 0.845. The molecule has 0 fully saturated rings. The van der Waals surface area contributed by atoms with E-state index < -0.39 is 0 Å². The van der Waals surface area contributed by atoms with Crippen molar-refractivity contribution in [2.24, 2.45) is 0 Å². The second-order valence-corrected chi connectivity index (χ2v) is 3.88. The standard InChI is InChI=1S/C13H20N2O/c1-5-14-12-8-7-11(9-10(12)3)13(16)15(4)6-2/h7-9,14H,5-6H2,1-4H3. The Labute approximate surface area is 97.5 Å². The highest BCUT2D eigenvalue weighted by atomic mass is 16.2. The maximum absolute atomic E-state index is 11.9.